The van der Waals surface area contributed by atoms with Crippen molar-refractivity contribution >= 4 is 0 Å². The van der Waals surface area contributed by atoms with Gasteiger partial charge in [0.25, 0.3) is 0 Å². The van der Waals surface area contributed by atoms with Gasteiger partial charge in [0, 0.05) is 12.6 Å². The fraction of sp³-hybridized carbons (Fsp3) is 1.00. The molecular formula is C11H22N2O2. The van der Waals surface area contributed by atoms with Crippen LogP contribution in [0.3, 0.4) is 0 Å². The second-order valence-corrected chi connectivity index (χ2v) is 5.03. The van der Waals surface area contributed by atoms with E-state index in [1.165, 1.54) is 0 Å². The summed E-state index contributed by atoms with van der Waals surface area (Å²) in [5.41, 5.74) is 0. The summed E-state index contributed by atoms with van der Waals surface area (Å²) >= 11 is 0. The Kier molecular flexibility index (Phi) is 3.30. The Hall–Kier alpha value is -0.160. The van der Waals surface area contributed by atoms with Crippen molar-refractivity contribution in [3.63, 3.8) is 0 Å². The lowest BCUT2D eigenvalue weighted by Crippen LogP contribution is -2.35. The Balaban J connectivity index is 1.69. The molecule has 4 unspecified atom stereocenters. The molecule has 2 aliphatic heterocycles. The molecule has 0 saturated carbocycles. The molecule has 0 aliphatic carbocycles. The topological polar surface area (TPSA) is 31.5 Å². The van der Waals surface area contributed by atoms with Gasteiger partial charge >= 0.3 is 0 Å². The van der Waals surface area contributed by atoms with E-state index >= 15 is 0 Å². The third kappa shape index (κ3) is 3.14. The first kappa shape index (κ1) is 11.3. The molecule has 0 aromatic heterocycles. The van der Waals surface area contributed by atoms with Crippen LogP contribution >= 0.6 is 0 Å². The summed E-state index contributed by atoms with van der Waals surface area (Å²) in [7, 11) is 6.31. The molecular weight excluding hydrogens is 192 g/mol. The molecule has 0 N–H and O–H groups in total. The van der Waals surface area contributed by atoms with E-state index in [1.807, 2.05) is 0 Å². The van der Waals surface area contributed by atoms with Crippen molar-refractivity contribution in [3.05, 3.63) is 0 Å². The fourth-order valence-corrected chi connectivity index (χ4v) is 1.99. The zero-order chi connectivity index (χ0) is 11.0. The van der Waals surface area contributed by atoms with E-state index in [1.54, 1.807) is 0 Å². The van der Waals surface area contributed by atoms with E-state index in [4.69, 9.17) is 9.47 Å². The summed E-state index contributed by atoms with van der Waals surface area (Å²) in [6.45, 7) is 4.21. The summed E-state index contributed by atoms with van der Waals surface area (Å²) < 4.78 is 10.9. The minimum Gasteiger partial charge on any atom is -0.373 e. The first-order chi connectivity index (χ1) is 7.08. The monoisotopic (exact) mass is 214 g/mol. The zero-order valence-electron chi connectivity index (χ0n) is 10.1. The molecule has 2 fully saturated rings. The third-order valence-electron chi connectivity index (χ3n) is 3.20. The van der Waals surface area contributed by atoms with Gasteiger partial charge in [-0.3, -0.25) is 4.90 Å². The number of nitrogens with zero attached hydrogens (tertiary/aromatic N) is 2. The van der Waals surface area contributed by atoms with Gasteiger partial charge in [0.1, 0.15) is 12.3 Å². The lowest BCUT2D eigenvalue weighted by Gasteiger charge is -2.22. The predicted molar refractivity (Wildman–Crippen MR) is 58.8 cm³/mol. The van der Waals surface area contributed by atoms with E-state index in [9.17, 15) is 0 Å². The summed E-state index contributed by atoms with van der Waals surface area (Å²) in [5, 5.41) is 0. The number of likely N-dealkylation sites (N-methyl/N-ethyl adjacent to an activating group) is 2. The Morgan fingerprint density at radius 2 is 2.00 bits per heavy atom. The van der Waals surface area contributed by atoms with Gasteiger partial charge < -0.3 is 14.4 Å². The van der Waals surface area contributed by atoms with Crippen molar-refractivity contribution in [1.29, 1.82) is 0 Å². The van der Waals surface area contributed by atoms with Crippen LogP contribution in [0.1, 0.15) is 13.3 Å². The highest BCUT2D eigenvalue weighted by molar-refractivity contribution is 4.89. The lowest BCUT2D eigenvalue weighted by molar-refractivity contribution is 0.152. The highest BCUT2D eigenvalue weighted by Crippen LogP contribution is 2.29. The molecule has 4 heteroatoms. The van der Waals surface area contributed by atoms with Crippen LogP contribution in [-0.2, 0) is 9.47 Å². The van der Waals surface area contributed by atoms with Gasteiger partial charge in [0.2, 0.25) is 0 Å². The van der Waals surface area contributed by atoms with Crippen molar-refractivity contribution < 1.29 is 9.47 Å². The van der Waals surface area contributed by atoms with Crippen molar-refractivity contribution in [3.8, 4) is 0 Å². The standard InChI is InChI=1S/C11H22N2O2/c1-8(5-9-7-14-9)13(4)11-10(15-11)6-12(2)3/h8-11H,5-7H2,1-4H3. The van der Waals surface area contributed by atoms with E-state index in [0.717, 1.165) is 19.6 Å². The van der Waals surface area contributed by atoms with Gasteiger partial charge in [-0.2, -0.15) is 0 Å². The molecule has 0 radical (unpaired) electrons. The minimum atomic E-state index is 0.321. The van der Waals surface area contributed by atoms with Crippen LogP contribution in [-0.4, -0.2) is 68.6 Å². The molecule has 2 saturated heterocycles. The first-order valence-electron chi connectivity index (χ1n) is 5.71. The third-order valence-corrected chi connectivity index (χ3v) is 3.20. The molecule has 0 amide bonds. The SMILES string of the molecule is CC(CC1CO1)N(C)C1OC1CN(C)C. The molecule has 88 valence electrons. The summed E-state index contributed by atoms with van der Waals surface area (Å²) in [5.74, 6) is 0. The summed E-state index contributed by atoms with van der Waals surface area (Å²) in [6, 6.07) is 0.551. The van der Waals surface area contributed by atoms with Gasteiger partial charge in [-0.05, 0) is 34.5 Å². The zero-order valence-corrected chi connectivity index (χ0v) is 10.1. The average molecular weight is 214 g/mol. The van der Waals surface area contributed by atoms with Crippen LogP contribution in [0.25, 0.3) is 0 Å². The number of hydrogen-bond donors (Lipinski definition) is 0. The molecule has 0 bridgehead atoms. The quantitative estimate of drug-likeness (QED) is 0.598. The maximum absolute atomic E-state index is 5.66. The molecule has 0 aromatic carbocycles. The molecule has 4 atom stereocenters. The number of epoxide rings is 2. The van der Waals surface area contributed by atoms with E-state index < -0.39 is 0 Å². The molecule has 0 spiro atoms. The summed E-state index contributed by atoms with van der Waals surface area (Å²) in [4.78, 5) is 4.50. The Bertz CT molecular complexity index is 219. The Labute approximate surface area is 92.1 Å². The average Bonchev–Trinajstić information content (AvgIpc) is 2.99. The normalized spacial score (nSPS) is 36.0. The van der Waals surface area contributed by atoms with E-state index in [0.29, 0.717) is 24.5 Å². The first-order valence-corrected chi connectivity index (χ1v) is 5.71. The highest BCUT2D eigenvalue weighted by Gasteiger charge is 2.44. The van der Waals surface area contributed by atoms with Gasteiger partial charge in [0.05, 0.1) is 12.7 Å². The van der Waals surface area contributed by atoms with Gasteiger partial charge in [-0.1, -0.05) is 0 Å². The molecule has 2 rings (SSSR count). The lowest BCUT2D eigenvalue weighted by atomic mass is 10.1. The molecule has 2 heterocycles. The molecule has 4 nitrogen and oxygen atoms in total. The highest BCUT2D eigenvalue weighted by atomic mass is 16.6. The van der Waals surface area contributed by atoms with Crippen molar-refractivity contribution in [2.75, 3.05) is 34.3 Å². The van der Waals surface area contributed by atoms with Gasteiger partial charge in [-0.15, -0.1) is 0 Å². The second-order valence-electron chi connectivity index (χ2n) is 5.03. The summed E-state index contributed by atoms with van der Waals surface area (Å²) in [6.07, 6.45) is 2.35. The van der Waals surface area contributed by atoms with Crippen LogP contribution < -0.4 is 0 Å². The van der Waals surface area contributed by atoms with Crippen LogP contribution in [0.2, 0.25) is 0 Å². The van der Waals surface area contributed by atoms with E-state index in [-0.39, 0.29) is 0 Å². The maximum Gasteiger partial charge on any atom is 0.139 e. The molecule has 15 heavy (non-hydrogen) atoms. The molecule has 0 aromatic rings. The van der Waals surface area contributed by atoms with Crippen LogP contribution in [0.5, 0.6) is 0 Å². The van der Waals surface area contributed by atoms with Crippen LogP contribution in [0, 0.1) is 0 Å². The van der Waals surface area contributed by atoms with Crippen LogP contribution in [0.15, 0.2) is 0 Å². The number of ether oxygens (including phenoxy) is 2. The van der Waals surface area contributed by atoms with Crippen molar-refractivity contribution in [2.24, 2.45) is 0 Å². The number of hydrogen-bond acceptors (Lipinski definition) is 4. The van der Waals surface area contributed by atoms with Gasteiger partial charge in [0.15, 0.2) is 0 Å². The van der Waals surface area contributed by atoms with Crippen molar-refractivity contribution in [1.82, 2.24) is 9.80 Å². The van der Waals surface area contributed by atoms with Gasteiger partial charge in [-0.25, -0.2) is 0 Å². The predicted octanol–water partition coefficient (Wildman–Crippen LogP) is 0.382. The fourth-order valence-electron chi connectivity index (χ4n) is 1.99. The second kappa shape index (κ2) is 4.37. The number of rotatable bonds is 6. The van der Waals surface area contributed by atoms with Crippen LogP contribution in [0.4, 0.5) is 0 Å². The van der Waals surface area contributed by atoms with Crippen molar-refractivity contribution in [2.45, 2.75) is 37.8 Å². The molecule has 2 aliphatic rings. The largest absolute Gasteiger partial charge is 0.373 e. The smallest absolute Gasteiger partial charge is 0.139 e. The van der Waals surface area contributed by atoms with E-state index in [2.05, 4.69) is 37.9 Å². The maximum atomic E-state index is 5.66. The Morgan fingerprint density at radius 3 is 2.53 bits per heavy atom. The minimum absolute atomic E-state index is 0.321. The Morgan fingerprint density at radius 1 is 1.33 bits per heavy atom.